The lowest BCUT2D eigenvalue weighted by atomic mass is 10.1. The highest BCUT2D eigenvalue weighted by molar-refractivity contribution is 7.13. The quantitative estimate of drug-likeness (QED) is 0.892. The van der Waals surface area contributed by atoms with E-state index >= 15 is 0 Å². The molecule has 1 aliphatic carbocycles. The van der Waals surface area contributed by atoms with Crippen molar-refractivity contribution >= 4 is 28.3 Å². The molecule has 2 aliphatic rings. The van der Waals surface area contributed by atoms with Gasteiger partial charge in [0, 0.05) is 24.3 Å². The lowest BCUT2D eigenvalue weighted by Gasteiger charge is -2.25. The average molecular weight is 355 g/mol. The van der Waals surface area contributed by atoms with Crippen molar-refractivity contribution in [1.82, 2.24) is 9.88 Å². The molecule has 1 aromatic heterocycles. The molecule has 4 rings (SSSR count). The van der Waals surface area contributed by atoms with Crippen molar-refractivity contribution in [3.05, 3.63) is 47.0 Å². The first-order chi connectivity index (χ1) is 12.1. The van der Waals surface area contributed by atoms with Crippen LogP contribution in [-0.4, -0.2) is 28.2 Å². The van der Waals surface area contributed by atoms with E-state index in [9.17, 15) is 9.59 Å². The van der Waals surface area contributed by atoms with Crippen LogP contribution < -0.4 is 5.32 Å². The number of anilines is 1. The van der Waals surface area contributed by atoms with E-state index in [1.54, 1.807) is 4.90 Å². The number of likely N-dealkylation sites (tertiary alicyclic amines) is 1. The smallest absolute Gasteiger partial charge is 0.231 e. The Morgan fingerprint density at radius 3 is 2.80 bits per heavy atom. The first-order valence-corrected chi connectivity index (χ1v) is 9.60. The molecular weight excluding hydrogens is 334 g/mol. The van der Waals surface area contributed by atoms with Gasteiger partial charge in [-0.15, -0.1) is 11.3 Å². The van der Waals surface area contributed by atoms with Gasteiger partial charge in [-0.1, -0.05) is 30.3 Å². The summed E-state index contributed by atoms with van der Waals surface area (Å²) in [5, 5.41) is 5.57. The molecule has 130 valence electrons. The maximum absolute atomic E-state index is 12.5. The summed E-state index contributed by atoms with van der Waals surface area (Å²) in [7, 11) is 0. The Balaban J connectivity index is 1.39. The fourth-order valence-electron chi connectivity index (χ4n) is 3.31. The number of nitrogens with one attached hydrogen (secondary N) is 1. The summed E-state index contributed by atoms with van der Waals surface area (Å²) in [6.07, 6.45) is 2.66. The van der Waals surface area contributed by atoms with Crippen LogP contribution in [0.3, 0.4) is 0 Å². The number of aromatic nitrogens is 1. The zero-order valence-electron chi connectivity index (χ0n) is 14.1. The van der Waals surface area contributed by atoms with Gasteiger partial charge in [0.1, 0.15) is 0 Å². The van der Waals surface area contributed by atoms with Gasteiger partial charge in [0.05, 0.1) is 17.7 Å². The van der Waals surface area contributed by atoms with Crippen LogP contribution in [0.25, 0.3) is 0 Å². The monoisotopic (exact) mass is 355 g/mol. The van der Waals surface area contributed by atoms with Gasteiger partial charge in [-0.05, 0) is 25.3 Å². The highest BCUT2D eigenvalue weighted by Crippen LogP contribution is 2.41. The molecule has 1 saturated carbocycles. The summed E-state index contributed by atoms with van der Waals surface area (Å²) in [6.45, 7) is 2.47. The molecule has 1 aliphatic heterocycles. The van der Waals surface area contributed by atoms with E-state index in [4.69, 9.17) is 0 Å². The third-order valence-electron chi connectivity index (χ3n) is 5.03. The molecule has 2 atom stereocenters. The second-order valence-corrected chi connectivity index (χ2v) is 7.73. The minimum absolute atomic E-state index is 0.0205. The average Bonchev–Trinajstić information content (AvgIpc) is 3.25. The molecule has 1 aromatic carbocycles. The maximum Gasteiger partial charge on any atom is 0.231 e. The zero-order valence-corrected chi connectivity index (χ0v) is 15.0. The van der Waals surface area contributed by atoms with Crippen molar-refractivity contribution in [1.29, 1.82) is 0 Å². The van der Waals surface area contributed by atoms with Gasteiger partial charge >= 0.3 is 0 Å². The Morgan fingerprint density at radius 1 is 1.32 bits per heavy atom. The van der Waals surface area contributed by atoms with Crippen LogP contribution in [0.2, 0.25) is 0 Å². The lowest BCUT2D eigenvalue weighted by Crippen LogP contribution is -2.30. The standard InChI is InChI=1S/C19H21N3O2S/c1-12(13-5-3-2-4-6-13)22-10-15(9-17(22)23)18(24)21-19-20-16(11-25-19)14-7-8-14/h2-6,11-12,14-15H,7-10H2,1H3,(H,20,21,24)/t12-,15-/m1/s1. The number of rotatable bonds is 5. The molecule has 25 heavy (non-hydrogen) atoms. The number of thiazole rings is 1. The molecule has 0 bridgehead atoms. The SMILES string of the molecule is C[C@H](c1ccccc1)N1C[C@H](C(=O)Nc2nc(C3CC3)cs2)CC1=O. The van der Waals surface area contributed by atoms with Crippen molar-refractivity contribution in [3.8, 4) is 0 Å². The molecular formula is C19H21N3O2S. The second-order valence-electron chi connectivity index (χ2n) is 6.87. The highest BCUT2D eigenvalue weighted by Gasteiger charge is 2.37. The number of hydrogen-bond donors (Lipinski definition) is 1. The van der Waals surface area contributed by atoms with Gasteiger partial charge in [-0.2, -0.15) is 0 Å². The van der Waals surface area contributed by atoms with Crippen LogP contribution in [0.15, 0.2) is 35.7 Å². The van der Waals surface area contributed by atoms with Crippen molar-refractivity contribution in [2.24, 2.45) is 5.92 Å². The van der Waals surface area contributed by atoms with Gasteiger partial charge in [-0.3, -0.25) is 9.59 Å². The number of carbonyl (C=O) groups is 2. The Bertz CT molecular complexity index is 785. The second kappa shape index (κ2) is 6.59. The van der Waals surface area contributed by atoms with E-state index < -0.39 is 0 Å². The van der Waals surface area contributed by atoms with Crippen LogP contribution >= 0.6 is 11.3 Å². The molecule has 0 spiro atoms. The Kier molecular flexibility index (Phi) is 4.29. The van der Waals surface area contributed by atoms with E-state index in [1.165, 1.54) is 24.2 Å². The van der Waals surface area contributed by atoms with Crippen LogP contribution in [0.1, 0.15) is 49.4 Å². The fourth-order valence-corrected chi connectivity index (χ4v) is 4.11. The number of benzene rings is 1. The zero-order chi connectivity index (χ0) is 17.4. The van der Waals surface area contributed by atoms with Gasteiger partial charge in [0.15, 0.2) is 5.13 Å². The summed E-state index contributed by atoms with van der Waals surface area (Å²) < 4.78 is 0. The third-order valence-corrected chi connectivity index (χ3v) is 5.80. The topological polar surface area (TPSA) is 62.3 Å². The largest absolute Gasteiger partial charge is 0.335 e. The van der Waals surface area contributed by atoms with Gasteiger partial charge in [-0.25, -0.2) is 4.98 Å². The number of nitrogens with zero attached hydrogens (tertiary/aromatic N) is 2. The van der Waals surface area contributed by atoms with Gasteiger partial charge < -0.3 is 10.2 Å². The van der Waals surface area contributed by atoms with Crippen molar-refractivity contribution in [2.75, 3.05) is 11.9 Å². The number of amides is 2. The molecule has 1 N–H and O–H groups in total. The van der Waals surface area contributed by atoms with E-state index in [1.807, 2.05) is 42.6 Å². The van der Waals surface area contributed by atoms with E-state index in [-0.39, 0.29) is 30.2 Å². The Morgan fingerprint density at radius 2 is 2.08 bits per heavy atom. The Hall–Kier alpha value is -2.21. The molecule has 2 amide bonds. The molecule has 2 fully saturated rings. The highest BCUT2D eigenvalue weighted by atomic mass is 32.1. The summed E-state index contributed by atoms with van der Waals surface area (Å²) in [5.41, 5.74) is 2.17. The summed E-state index contributed by atoms with van der Waals surface area (Å²) in [4.78, 5) is 31.2. The van der Waals surface area contributed by atoms with Gasteiger partial charge in [0.25, 0.3) is 0 Å². The van der Waals surface area contributed by atoms with E-state index in [0.29, 0.717) is 17.6 Å². The van der Waals surface area contributed by atoms with Crippen molar-refractivity contribution < 1.29 is 9.59 Å². The van der Waals surface area contributed by atoms with Gasteiger partial charge in [0.2, 0.25) is 11.8 Å². The predicted octanol–water partition coefficient (Wildman–Crippen LogP) is 3.57. The van der Waals surface area contributed by atoms with Crippen LogP contribution in [0, 0.1) is 5.92 Å². The number of hydrogen-bond acceptors (Lipinski definition) is 4. The minimum Gasteiger partial charge on any atom is -0.335 e. The molecule has 2 heterocycles. The van der Waals surface area contributed by atoms with E-state index in [0.717, 1.165) is 11.3 Å². The predicted molar refractivity (Wildman–Crippen MR) is 97.4 cm³/mol. The van der Waals surface area contributed by atoms with Crippen molar-refractivity contribution in [2.45, 2.75) is 38.1 Å². The summed E-state index contributed by atoms with van der Waals surface area (Å²) >= 11 is 1.47. The molecule has 0 radical (unpaired) electrons. The number of carbonyl (C=O) groups excluding carboxylic acids is 2. The molecule has 0 unspecified atom stereocenters. The summed E-state index contributed by atoms with van der Waals surface area (Å²) in [6, 6.07) is 9.91. The summed E-state index contributed by atoms with van der Waals surface area (Å²) in [5.74, 6) is 0.200. The first kappa shape index (κ1) is 16.3. The van der Waals surface area contributed by atoms with Crippen LogP contribution in [-0.2, 0) is 9.59 Å². The molecule has 5 nitrogen and oxygen atoms in total. The van der Waals surface area contributed by atoms with Crippen LogP contribution in [0.5, 0.6) is 0 Å². The normalized spacial score (nSPS) is 21.4. The maximum atomic E-state index is 12.5. The van der Waals surface area contributed by atoms with E-state index in [2.05, 4.69) is 10.3 Å². The lowest BCUT2D eigenvalue weighted by molar-refractivity contribution is -0.129. The molecule has 2 aromatic rings. The third kappa shape index (κ3) is 3.44. The molecule has 6 heteroatoms. The van der Waals surface area contributed by atoms with Crippen LogP contribution in [0.4, 0.5) is 5.13 Å². The van der Waals surface area contributed by atoms with Crippen molar-refractivity contribution in [3.63, 3.8) is 0 Å². The minimum atomic E-state index is -0.313. The Labute approximate surface area is 151 Å². The first-order valence-electron chi connectivity index (χ1n) is 8.72. The molecule has 1 saturated heterocycles. The fraction of sp³-hybridized carbons (Fsp3) is 0.421.